The Morgan fingerprint density at radius 1 is 1.33 bits per heavy atom. The van der Waals surface area contributed by atoms with Crippen LogP contribution >= 0.6 is 0 Å². The van der Waals surface area contributed by atoms with Gasteiger partial charge in [-0.3, -0.25) is 0 Å². The molecular weight excluding hydrogens is 148 g/mol. The average molecular weight is 162 g/mol. The topological polar surface area (TPSA) is 35.9 Å². The van der Waals surface area contributed by atoms with Gasteiger partial charge in [0.1, 0.15) is 0 Å². The van der Waals surface area contributed by atoms with E-state index in [9.17, 15) is 0 Å². The lowest BCUT2D eigenvalue weighted by atomic mass is 10.0. The first-order valence-corrected chi connectivity index (χ1v) is 3.98. The predicted octanol–water partition coefficient (Wildman–Crippen LogP) is 2.34. The van der Waals surface area contributed by atoms with Gasteiger partial charge in [0.25, 0.3) is 0 Å². The molecule has 2 heteroatoms. The van der Waals surface area contributed by atoms with Crippen LogP contribution in [0.25, 0.3) is 0 Å². The van der Waals surface area contributed by atoms with Gasteiger partial charge in [0.05, 0.1) is 0 Å². The summed E-state index contributed by atoms with van der Waals surface area (Å²) in [6.45, 7) is 4.09. The van der Waals surface area contributed by atoms with Crippen molar-refractivity contribution in [2.75, 3.05) is 12.4 Å². The van der Waals surface area contributed by atoms with Crippen LogP contribution < -0.4 is 5.32 Å². The van der Waals surface area contributed by atoms with E-state index in [1.807, 2.05) is 27.0 Å². The molecule has 1 rings (SSSR count). The van der Waals surface area contributed by atoms with Crippen LogP contribution in [0.3, 0.4) is 0 Å². The lowest BCUT2D eigenvalue weighted by molar-refractivity contribution is 1.34. The summed E-state index contributed by atoms with van der Waals surface area (Å²) < 4.78 is 0. The van der Waals surface area contributed by atoms with E-state index in [0.717, 1.165) is 11.3 Å². The molecule has 0 atom stereocenters. The van der Waals surface area contributed by atoms with Gasteiger partial charge in [-0.05, 0) is 25.5 Å². The van der Waals surface area contributed by atoms with Gasteiger partial charge >= 0.3 is 0 Å². The molecule has 0 radical (unpaired) electrons. The molecule has 0 heterocycles. The van der Waals surface area contributed by atoms with Gasteiger partial charge in [0, 0.05) is 24.5 Å². The number of nitrogens with one attached hydrogen (secondary N) is 2. The molecule has 0 amide bonds. The van der Waals surface area contributed by atoms with Crippen LogP contribution in [0.4, 0.5) is 5.69 Å². The van der Waals surface area contributed by atoms with Gasteiger partial charge in [-0.1, -0.05) is 11.6 Å². The first-order valence-electron chi connectivity index (χ1n) is 3.98. The number of benzene rings is 1. The summed E-state index contributed by atoms with van der Waals surface area (Å²) in [5.41, 5.74) is 4.40. The standard InChI is InChI=1S/C10H14N2/c1-7-4-8(2)10(12-3)9(5-7)6-11/h4-6,11-12H,1-3H3. The molecule has 0 aromatic heterocycles. The highest BCUT2D eigenvalue weighted by Gasteiger charge is 2.01. The Balaban J connectivity index is 3.33. The molecule has 0 unspecified atom stereocenters. The SMILES string of the molecule is CNc1c(C)cc(C)cc1C=N. The van der Waals surface area contributed by atoms with Crippen LogP contribution in [0.2, 0.25) is 0 Å². The molecule has 0 bridgehead atoms. The molecule has 0 aliphatic carbocycles. The zero-order chi connectivity index (χ0) is 9.14. The van der Waals surface area contributed by atoms with Crippen molar-refractivity contribution < 1.29 is 0 Å². The van der Waals surface area contributed by atoms with Crippen molar-refractivity contribution in [1.29, 1.82) is 5.41 Å². The number of aryl methyl sites for hydroxylation is 2. The fourth-order valence-electron chi connectivity index (χ4n) is 1.46. The number of rotatable bonds is 2. The van der Waals surface area contributed by atoms with Gasteiger partial charge < -0.3 is 10.7 Å². The fourth-order valence-corrected chi connectivity index (χ4v) is 1.46. The molecule has 0 aliphatic heterocycles. The molecule has 0 saturated carbocycles. The first-order chi connectivity index (χ1) is 5.69. The van der Waals surface area contributed by atoms with Gasteiger partial charge in [0.2, 0.25) is 0 Å². The Morgan fingerprint density at radius 3 is 2.50 bits per heavy atom. The van der Waals surface area contributed by atoms with Crippen molar-refractivity contribution in [2.24, 2.45) is 0 Å². The Hall–Kier alpha value is -1.31. The quantitative estimate of drug-likeness (QED) is 0.643. The average Bonchev–Trinajstić information content (AvgIpc) is 2.03. The van der Waals surface area contributed by atoms with Crippen molar-refractivity contribution in [3.05, 3.63) is 28.8 Å². The van der Waals surface area contributed by atoms with Crippen molar-refractivity contribution in [3.63, 3.8) is 0 Å². The second-order valence-corrected chi connectivity index (χ2v) is 2.94. The summed E-state index contributed by atoms with van der Waals surface area (Å²) in [4.78, 5) is 0. The molecule has 2 N–H and O–H groups in total. The third-order valence-electron chi connectivity index (χ3n) is 1.92. The van der Waals surface area contributed by atoms with Crippen LogP contribution in [-0.2, 0) is 0 Å². The monoisotopic (exact) mass is 162 g/mol. The van der Waals surface area contributed by atoms with Crippen molar-refractivity contribution in [2.45, 2.75) is 13.8 Å². The molecule has 2 nitrogen and oxygen atoms in total. The summed E-state index contributed by atoms with van der Waals surface area (Å²) in [6.07, 6.45) is 1.38. The van der Waals surface area contributed by atoms with Gasteiger partial charge in [0.15, 0.2) is 0 Å². The number of anilines is 1. The molecule has 64 valence electrons. The number of hydrogen-bond acceptors (Lipinski definition) is 2. The van der Waals surface area contributed by atoms with E-state index in [4.69, 9.17) is 5.41 Å². The molecule has 12 heavy (non-hydrogen) atoms. The van der Waals surface area contributed by atoms with E-state index in [2.05, 4.69) is 11.4 Å². The van der Waals surface area contributed by atoms with E-state index >= 15 is 0 Å². The summed E-state index contributed by atoms with van der Waals surface area (Å²) in [5.74, 6) is 0. The zero-order valence-corrected chi connectivity index (χ0v) is 7.73. The normalized spacial score (nSPS) is 9.58. The van der Waals surface area contributed by atoms with Gasteiger partial charge in [-0.2, -0.15) is 0 Å². The van der Waals surface area contributed by atoms with Crippen molar-refractivity contribution >= 4 is 11.9 Å². The van der Waals surface area contributed by atoms with Crippen molar-refractivity contribution in [1.82, 2.24) is 0 Å². The molecule has 0 spiro atoms. The summed E-state index contributed by atoms with van der Waals surface area (Å²) >= 11 is 0. The molecule has 0 aliphatic rings. The highest BCUT2D eigenvalue weighted by molar-refractivity contribution is 5.87. The van der Waals surface area contributed by atoms with Crippen LogP contribution in [0.15, 0.2) is 12.1 Å². The lowest BCUT2D eigenvalue weighted by Gasteiger charge is -2.09. The minimum absolute atomic E-state index is 0.954. The summed E-state index contributed by atoms with van der Waals surface area (Å²) in [5, 5.41) is 10.3. The lowest BCUT2D eigenvalue weighted by Crippen LogP contribution is -1.98. The van der Waals surface area contributed by atoms with E-state index in [1.165, 1.54) is 17.3 Å². The van der Waals surface area contributed by atoms with Crippen LogP contribution in [0.5, 0.6) is 0 Å². The second kappa shape index (κ2) is 3.39. The zero-order valence-electron chi connectivity index (χ0n) is 7.73. The Morgan fingerprint density at radius 2 is 2.00 bits per heavy atom. The Labute approximate surface area is 73.1 Å². The van der Waals surface area contributed by atoms with E-state index in [0.29, 0.717) is 0 Å². The van der Waals surface area contributed by atoms with E-state index in [1.54, 1.807) is 0 Å². The largest absolute Gasteiger partial charge is 0.387 e. The summed E-state index contributed by atoms with van der Waals surface area (Å²) in [6, 6.07) is 4.12. The molecule has 0 fully saturated rings. The third-order valence-corrected chi connectivity index (χ3v) is 1.92. The first kappa shape index (κ1) is 8.78. The predicted molar refractivity (Wildman–Crippen MR) is 53.3 cm³/mol. The second-order valence-electron chi connectivity index (χ2n) is 2.94. The molecule has 1 aromatic carbocycles. The number of hydrogen-bond donors (Lipinski definition) is 2. The Bertz CT molecular complexity index is 303. The minimum Gasteiger partial charge on any atom is -0.387 e. The minimum atomic E-state index is 0.954. The summed E-state index contributed by atoms with van der Waals surface area (Å²) in [7, 11) is 1.88. The maximum Gasteiger partial charge on any atom is 0.0456 e. The van der Waals surface area contributed by atoms with Gasteiger partial charge in [-0.15, -0.1) is 0 Å². The maximum absolute atomic E-state index is 7.22. The van der Waals surface area contributed by atoms with Crippen molar-refractivity contribution in [3.8, 4) is 0 Å². The highest BCUT2D eigenvalue weighted by atomic mass is 14.8. The molecule has 0 saturated heterocycles. The fraction of sp³-hybridized carbons (Fsp3) is 0.300. The van der Waals surface area contributed by atoms with Crippen LogP contribution in [-0.4, -0.2) is 13.3 Å². The van der Waals surface area contributed by atoms with E-state index < -0.39 is 0 Å². The van der Waals surface area contributed by atoms with E-state index in [-0.39, 0.29) is 0 Å². The van der Waals surface area contributed by atoms with Crippen LogP contribution in [0, 0.1) is 19.3 Å². The Kier molecular flexibility index (Phi) is 2.48. The molecular formula is C10H14N2. The highest BCUT2D eigenvalue weighted by Crippen LogP contribution is 2.20. The maximum atomic E-state index is 7.22. The third kappa shape index (κ3) is 1.47. The van der Waals surface area contributed by atoms with Crippen LogP contribution in [0.1, 0.15) is 16.7 Å². The smallest absolute Gasteiger partial charge is 0.0456 e. The molecule has 1 aromatic rings. The van der Waals surface area contributed by atoms with Gasteiger partial charge in [-0.25, -0.2) is 0 Å².